The van der Waals surface area contributed by atoms with Crippen molar-refractivity contribution in [2.45, 2.75) is 31.2 Å². The van der Waals surface area contributed by atoms with Crippen LogP contribution < -0.4 is 10.0 Å². The molecule has 2 rings (SSSR count). The Balaban J connectivity index is 2.03. The molecule has 0 aliphatic carbocycles. The number of aryl methyl sites for hydroxylation is 1. The number of hydrogen-bond donors (Lipinski definition) is 2. The van der Waals surface area contributed by atoms with E-state index in [-0.39, 0.29) is 4.90 Å². The number of anilines is 1. The molecule has 0 bridgehead atoms. The number of carbonyl (C=O) groups is 1. The van der Waals surface area contributed by atoms with Gasteiger partial charge in [-0.25, -0.2) is 8.42 Å². The average Bonchev–Trinajstić information content (AvgIpc) is 2.55. The van der Waals surface area contributed by atoms with Crippen molar-refractivity contribution < 1.29 is 13.2 Å². The number of hydrogen-bond acceptors (Lipinski definition) is 3. The average molecular weight is 411 g/mol. The fraction of sp³-hybridized carbons (Fsp3) is 0.235. The lowest BCUT2D eigenvalue weighted by Crippen LogP contribution is -2.41. The van der Waals surface area contributed by atoms with Crippen LogP contribution in [-0.4, -0.2) is 20.4 Å². The number of nitrogens with one attached hydrogen (secondary N) is 2. The molecular weight excluding hydrogens is 392 g/mol. The Morgan fingerprint density at radius 2 is 1.67 bits per heavy atom. The van der Waals surface area contributed by atoms with Crippen LogP contribution >= 0.6 is 15.9 Å². The monoisotopic (exact) mass is 410 g/mol. The fourth-order valence-corrected chi connectivity index (χ4v) is 3.51. The van der Waals surface area contributed by atoms with E-state index in [2.05, 4.69) is 26.0 Å². The van der Waals surface area contributed by atoms with Gasteiger partial charge in [0.2, 0.25) is 15.9 Å². The van der Waals surface area contributed by atoms with Crippen LogP contribution in [-0.2, 0) is 21.2 Å². The quantitative estimate of drug-likeness (QED) is 0.766. The van der Waals surface area contributed by atoms with Gasteiger partial charge in [0.15, 0.2) is 0 Å². The SMILES string of the molecule is CCc1ccc(NC(=O)[C@H](C)NS(=O)(=O)c2ccc(Br)cc2)cc1. The molecular formula is C17H19BrN2O3S. The minimum Gasteiger partial charge on any atom is -0.325 e. The third kappa shape index (κ3) is 4.90. The number of carbonyl (C=O) groups excluding carboxylic acids is 1. The van der Waals surface area contributed by atoms with Gasteiger partial charge in [0.25, 0.3) is 0 Å². The van der Waals surface area contributed by atoms with Crippen LogP contribution in [0.15, 0.2) is 57.9 Å². The maximum Gasteiger partial charge on any atom is 0.242 e. The van der Waals surface area contributed by atoms with E-state index in [9.17, 15) is 13.2 Å². The maximum atomic E-state index is 12.3. The second-order valence-electron chi connectivity index (χ2n) is 5.34. The molecule has 0 saturated carbocycles. The Morgan fingerprint density at radius 1 is 1.08 bits per heavy atom. The highest BCUT2D eigenvalue weighted by molar-refractivity contribution is 9.10. The van der Waals surface area contributed by atoms with Gasteiger partial charge < -0.3 is 5.32 Å². The van der Waals surface area contributed by atoms with Crippen molar-refractivity contribution in [2.24, 2.45) is 0 Å². The Labute approximate surface area is 150 Å². The number of amides is 1. The molecule has 0 heterocycles. The van der Waals surface area contributed by atoms with Gasteiger partial charge in [-0.2, -0.15) is 4.72 Å². The lowest BCUT2D eigenvalue weighted by atomic mass is 10.1. The molecule has 1 atom stereocenters. The highest BCUT2D eigenvalue weighted by Crippen LogP contribution is 2.15. The van der Waals surface area contributed by atoms with Crippen molar-refractivity contribution in [1.29, 1.82) is 0 Å². The van der Waals surface area contributed by atoms with Crippen molar-refractivity contribution in [3.63, 3.8) is 0 Å². The molecule has 128 valence electrons. The lowest BCUT2D eigenvalue weighted by Gasteiger charge is -2.14. The number of benzene rings is 2. The van der Waals surface area contributed by atoms with Crippen LogP contribution in [0.25, 0.3) is 0 Å². The summed E-state index contributed by atoms with van der Waals surface area (Å²) in [4.78, 5) is 12.3. The summed E-state index contributed by atoms with van der Waals surface area (Å²) in [5, 5.41) is 2.70. The normalized spacial score (nSPS) is 12.6. The molecule has 0 fully saturated rings. The molecule has 0 saturated heterocycles. The first kappa shape index (κ1) is 18.6. The van der Waals surface area contributed by atoms with Gasteiger partial charge >= 0.3 is 0 Å². The molecule has 24 heavy (non-hydrogen) atoms. The van der Waals surface area contributed by atoms with Crippen molar-refractivity contribution in [2.75, 3.05) is 5.32 Å². The summed E-state index contributed by atoms with van der Waals surface area (Å²) in [6, 6.07) is 12.8. The Bertz CT molecular complexity index is 803. The third-order valence-electron chi connectivity index (χ3n) is 3.48. The molecule has 7 heteroatoms. The Hall–Kier alpha value is -1.70. The summed E-state index contributed by atoms with van der Waals surface area (Å²) >= 11 is 3.25. The van der Waals surface area contributed by atoms with Crippen LogP contribution in [0, 0.1) is 0 Å². The van der Waals surface area contributed by atoms with E-state index in [0.29, 0.717) is 5.69 Å². The third-order valence-corrected chi connectivity index (χ3v) is 5.56. The minimum absolute atomic E-state index is 0.109. The first-order chi connectivity index (χ1) is 11.3. The predicted molar refractivity (Wildman–Crippen MR) is 98.4 cm³/mol. The van der Waals surface area contributed by atoms with Gasteiger partial charge in [-0.05, 0) is 55.3 Å². The van der Waals surface area contributed by atoms with Gasteiger partial charge in [0.1, 0.15) is 0 Å². The van der Waals surface area contributed by atoms with Crippen molar-refractivity contribution >= 4 is 37.5 Å². The first-order valence-corrected chi connectivity index (χ1v) is 9.77. The van der Waals surface area contributed by atoms with E-state index in [1.54, 1.807) is 24.3 Å². The topological polar surface area (TPSA) is 75.3 Å². The molecule has 2 aromatic carbocycles. The van der Waals surface area contributed by atoms with Crippen LogP contribution in [0.2, 0.25) is 0 Å². The van der Waals surface area contributed by atoms with E-state index in [1.807, 2.05) is 19.1 Å². The van der Waals surface area contributed by atoms with E-state index in [1.165, 1.54) is 19.1 Å². The summed E-state index contributed by atoms with van der Waals surface area (Å²) in [6.07, 6.45) is 0.914. The highest BCUT2D eigenvalue weighted by Gasteiger charge is 2.22. The Kier molecular flexibility index (Phi) is 6.15. The molecule has 2 aromatic rings. The number of rotatable bonds is 6. The Morgan fingerprint density at radius 3 is 2.21 bits per heavy atom. The van der Waals surface area contributed by atoms with Crippen molar-refractivity contribution in [3.05, 3.63) is 58.6 Å². The molecule has 2 N–H and O–H groups in total. The zero-order valence-electron chi connectivity index (χ0n) is 13.4. The van der Waals surface area contributed by atoms with E-state index < -0.39 is 22.0 Å². The van der Waals surface area contributed by atoms with Crippen LogP contribution in [0.4, 0.5) is 5.69 Å². The number of sulfonamides is 1. The second kappa shape index (κ2) is 7.92. The molecule has 0 aromatic heterocycles. The first-order valence-electron chi connectivity index (χ1n) is 7.49. The zero-order chi connectivity index (χ0) is 17.7. The van der Waals surface area contributed by atoms with E-state index in [0.717, 1.165) is 16.5 Å². The van der Waals surface area contributed by atoms with Crippen LogP contribution in [0.3, 0.4) is 0 Å². The summed E-state index contributed by atoms with van der Waals surface area (Å²) in [5.74, 6) is -0.417. The van der Waals surface area contributed by atoms with Crippen LogP contribution in [0.1, 0.15) is 19.4 Å². The van der Waals surface area contributed by atoms with Crippen molar-refractivity contribution in [1.82, 2.24) is 4.72 Å². The smallest absolute Gasteiger partial charge is 0.242 e. The summed E-state index contributed by atoms with van der Waals surface area (Å²) < 4.78 is 27.7. The number of halogens is 1. The summed E-state index contributed by atoms with van der Waals surface area (Å²) in [5.41, 5.74) is 1.80. The van der Waals surface area contributed by atoms with Gasteiger partial charge in [-0.3, -0.25) is 4.79 Å². The predicted octanol–water partition coefficient (Wildman–Crippen LogP) is 3.32. The lowest BCUT2D eigenvalue weighted by molar-refractivity contribution is -0.117. The standard InChI is InChI=1S/C17H19BrN2O3S/c1-3-13-4-8-15(9-5-13)19-17(21)12(2)20-24(22,23)16-10-6-14(18)7-11-16/h4-12,20H,3H2,1-2H3,(H,19,21)/t12-/m0/s1. The molecule has 1 amide bonds. The van der Waals surface area contributed by atoms with E-state index >= 15 is 0 Å². The van der Waals surface area contributed by atoms with E-state index in [4.69, 9.17) is 0 Å². The van der Waals surface area contributed by atoms with Crippen LogP contribution in [0.5, 0.6) is 0 Å². The molecule has 0 aliphatic heterocycles. The molecule has 5 nitrogen and oxygen atoms in total. The molecule has 0 aliphatic rings. The zero-order valence-corrected chi connectivity index (χ0v) is 15.8. The maximum absolute atomic E-state index is 12.3. The second-order valence-corrected chi connectivity index (χ2v) is 7.97. The fourth-order valence-electron chi connectivity index (χ4n) is 2.04. The molecule has 0 radical (unpaired) electrons. The van der Waals surface area contributed by atoms with Gasteiger partial charge in [0.05, 0.1) is 10.9 Å². The summed E-state index contributed by atoms with van der Waals surface area (Å²) in [6.45, 7) is 3.55. The van der Waals surface area contributed by atoms with Gasteiger partial charge in [0, 0.05) is 10.2 Å². The van der Waals surface area contributed by atoms with Gasteiger partial charge in [-0.1, -0.05) is 35.0 Å². The van der Waals surface area contributed by atoms with Crippen molar-refractivity contribution in [3.8, 4) is 0 Å². The largest absolute Gasteiger partial charge is 0.325 e. The minimum atomic E-state index is -3.76. The van der Waals surface area contributed by atoms with Gasteiger partial charge in [-0.15, -0.1) is 0 Å². The highest BCUT2D eigenvalue weighted by atomic mass is 79.9. The molecule has 0 spiro atoms. The molecule has 0 unspecified atom stereocenters. The summed E-state index contributed by atoms with van der Waals surface area (Å²) in [7, 11) is -3.76.